The molecule has 0 saturated heterocycles. The van der Waals surface area contributed by atoms with E-state index in [0.29, 0.717) is 27.6 Å². The SMILES string of the molecule is COc1cc(/C=C(\C#N)c2ccc(Br)cc2)cc(Cl)c1OCC(=O)Nc1ccc(Cl)cc1. The molecule has 0 bridgehead atoms. The van der Waals surface area contributed by atoms with Crippen LogP contribution in [0.3, 0.4) is 0 Å². The highest BCUT2D eigenvalue weighted by atomic mass is 79.9. The summed E-state index contributed by atoms with van der Waals surface area (Å²) in [6.45, 7) is -0.268. The second-order valence-corrected chi connectivity index (χ2v) is 8.31. The van der Waals surface area contributed by atoms with E-state index in [1.165, 1.54) is 7.11 Å². The van der Waals surface area contributed by atoms with Crippen LogP contribution in [0.1, 0.15) is 11.1 Å². The summed E-state index contributed by atoms with van der Waals surface area (Å²) in [6, 6.07) is 19.7. The zero-order chi connectivity index (χ0) is 23.1. The van der Waals surface area contributed by atoms with Gasteiger partial charge in [-0.1, -0.05) is 51.3 Å². The Kier molecular flexibility index (Phi) is 8.18. The van der Waals surface area contributed by atoms with E-state index in [4.69, 9.17) is 32.7 Å². The second kappa shape index (κ2) is 11.1. The summed E-state index contributed by atoms with van der Waals surface area (Å²) < 4.78 is 11.9. The number of allylic oxidation sites excluding steroid dienone is 1. The van der Waals surface area contributed by atoms with Crippen molar-refractivity contribution >= 4 is 62.4 Å². The quantitative estimate of drug-likeness (QED) is 0.267. The number of hydrogen-bond donors (Lipinski definition) is 1. The number of carbonyl (C=O) groups excluding carboxylic acids is 1. The van der Waals surface area contributed by atoms with Crippen LogP contribution in [0, 0.1) is 11.3 Å². The Morgan fingerprint density at radius 1 is 1.12 bits per heavy atom. The fourth-order valence-corrected chi connectivity index (χ4v) is 3.47. The first-order chi connectivity index (χ1) is 15.4. The molecular weight excluding hydrogens is 515 g/mol. The number of nitriles is 1. The van der Waals surface area contributed by atoms with Crippen LogP contribution in [-0.4, -0.2) is 19.6 Å². The molecule has 1 amide bonds. The highest BCUT2D eigenvalue weighted by Gasteiger charge is 2.14. The standard InChI is InChI=1S/C24H17BrCl2N2O3/c1-31-22-12-15(10-17(13-28)16-2-4-18(25)5-3-16)11-21(27)24(22)32-14-23(30)29-20-8-6-19(26)7-9-20/h2-12H,14H2,1H3,(H,29,30)/b17-10+. The van der Waals surface area contributed by atoms with E-state index < -0.39 is 0 Å². The van der Waals surface area contributed by atoms with Gasteiger partial charge in [0.25, 0.3) is 5.91 Å². The minimum Gasteiger partial charge on any atom is -0.493 e. The van der Waals surface area contributed by atoms with E-state index >= 15 is 0 Å². The third-order valence-corrected chi connectivity index (χ3v) is 5.38. The average Bonchev–Trinajstić information content (AvgIpc) is 2.78. The number of rotatable bonds is 7. The van der Waals surface area contributed by atoms with E-state index in [2.05, 4.69) is 27.3 Å². The zero-order valence-corrected chi connectivity index (χ0v) is 20.0. The summed E-state index contributed by atoms with van der Waals surface area (Å²) in [6.07, 6.45) is 1.70. The molecule has 0 atom stereocenters. The van der Waals surface area contributed by atoms with Crippen molar-refractivity contribution in [3.05, 3.63) is 86.3 Å². The van der Waals surface area contributed by atoms with Crippen molar-refractivity contribution in [2.24, 2.45) is 0 Å². The largest absolute Gasteiger partial charge is 0.493 e. The molecule has 8 heteroatoms. The number of carbonyl (C=O) groups is 1. The van der Waals surface area contributed by atoms with Gasteiger partial charge in [-0.05, 0) is 65.7 Å². The summed E-state index contributed by atoms with van der Waals surface area (Å²) in [5.74, 6) is 0.215. The van der Waals surface area contributed by atoms with E-state index in [9.17, 15) is 10.1 Å². The number of hydrogen-bond acceptors (Lipinski definition) is 4. The predicted molar refractivity (Wildman–Crippen MR) is 131 cm³/mol. The fourth-order valence-electron chi connectivity index (χ4n) is 2.81. The van der Waals surface area contributed by atoms with Crippen LogP contribution in [0.5, 0.6) is 11.5 Å². The Morgan fingerprint density at radius 3 is 2.44 bits per heavy atom. The fraction of sp³-hybridized carbons (Fsp3) is 0.0833. The molecule has 0 spiro atoms. The Hall–Kier alpha value is -2.98. The van der Waals surface area contributed by atoms with Crippen molar-refractivity contribution in [3.8, 4) is 17.6 Å². The maximum absolute atomic E-state index is 12.2. The molecule has 0 aliphatic heterocycles. The number of nitrogens with one attached hydrogen (secondary N) is 1. The molecule has 3 rings (SSSR count). The molecule has 0 saturated carbocycles. The first-order valence-electron chi connectivity index (χ1n) is 9.33. The number of nitrogens with zero attached hydrogens (tertiary/aromatic N) is 1. The van der Waals surface area contributed by atoms with Gasteiger partial charge >= 0.3 is 0 Å². The molecule has 0 unspecified atom stereocenters. The third-order valence-electron chi connectivity index (χ3n) is 4.31. The third kappa shape index (κ3) is 6.27. The summed E-state index contributed by atoms with van der Waals surface area (Å²) in [7, 11) is 1.47. The molecule has 1 N–H and O–H groups in total. The van der Waals surface area contributed by atoms with Crippen molar-refractivity contribution in [1.29, 1.82) is 5.26 Å². The van der Waals surface area contributed by atoms with Gasteiger partial charge < -0.3 is 14.8 Å². The molecule has 0 radical (unpaired) electrons. The molecule has 3 aromatic rings. The first-order valence-corrected chi connectivity index (χ1v) is 10.9. The molecule has 0 aliphatic carbocycles. The van der Waals surface area contributed by atoms with E-state index in [1.54, 1.807) is 42.5 Å². The summed E-state index contributed by atoms with van der Waals surface area (Å²) >= 11 is 15.6. The Bertz CT molecular complexity index is 1190. The van der Waals surface area contributed by atoms with Crippen molar-refractivity contribution in [3.63, 3.8) is 0 Å². The topological polar surface area (TPSA) is 71.3 Å². The van der Waals surface area contributed by atoms with Gasteiger partial charge in [-0.3, -0.25) is 4.79 Å². The van der Waals surface area contributed by atoms with Crippen LogP contribution in [0.15, 0.2) is 65.1 Å². The number of halogens is 3. The molecule has 0 fully saturated rings. The average molecular weight is 532 g/mol. The van der Waals surface area contributed by atoms with Crippen LogP contribution in [0.4, 0.5) is 5.69 Å². The first kappa shape index (κ1) is 23.7. The van der Waals surface area contributed by atoms with Crippen LogP contribution in [0.25, 0.3) is 11.6 Å². The molecule has 0 aromatic heterocycles. The molecule has 0 heterocycles. The summed E-state index contributed by atoms with van der Waals surface area (Å²) in [5, 5.41) is 13.1. The van der Waals surface area contributed by atoms with Crippen molar-refractivity contribution in [1.82, 2.24) is 0 Å². The zero-order valence-electron chi connectivity index (χ0n) is 16.9. The molecule has 5 nitrogen and oxygen atoms in total. The van der Waals surface area contributed by atoms with Crippen molar-refractivity contribution in [2.45, 2.75) is 0 Å². The molecular formula is C24H17BrCl2N2O3. The van der Waals surface area contributed by atoms with Crippen LogP contribution in [0.2, 0.25) is 10.0 Å². The van der Waals surface area contributed by atoms with Gasteiger partial charge in [-0.25, -0.2) is 0 Å². The Morgan fingerprint density at radius 2 is 1.81 bits per heavy atom. The number of benzene rings is 3. The lowest BCUT2D eigenvalue weighted by molar-refractivity contribution is -0.118. The smallest absolute Gasteiger partial charge is 0.262 e. The second-order valence-electron chi connectivity index (χ2n) is 6.55. The van der Waals surface area contributed by atoms with E-state index in [0.717, 1.165) is 10.0 Å². The van der Waals surface area contributed by atoms with E-state index in [1.807, 2.05) is 24.3 Å². The highest BCUT2D eigenvalue weighted by molar-refractivity contribution is 9.10. The molecule has 162 valence electrons. The minimum atomic E-state index is -0.364. The lowest BCUT2D eigenvalue weighted by Gasteiger charge is -2.13. The van der Waals surface area contributed by atoms with Gasteiger partial charge in [0.1, 0.15) is 0 Å². The van der Waals surface area contributed by atoms with Gasteiger partial charge in [0.05, 0.1) is 23.8 Å². The molecule has 0 aliphatic rings. The maximum Gasteiger partial charge on any atom is 0.262 e. The minimum absolute atomic E-state index is 0.236. The highest BCUT2D eigenvalue weighted by Crippen LogP contribution is 2.37. The van der Waals surface area contributed by atoms with Crippen molar-refractivity contribution < 1.29 is 14.3 Å². The van der Waals surface area contributed by atoms with Crippen LogP contribution >= 0.6 is 39.1 Å². The summed E-state index contributed by atoms with van der Waals surface area (Å²) in [5.41, 5.74) is 2.49. The molecule has 3 aromatic carbocycles. The van der Waals surface area contributed by atoms with Gasteiger partial charge in [-0.15, -0.1) is 0 Å². The number of methoxy groups -OCH3 is 1. The van der Waals surface area contributed by atoms with Crippen LogP contribution < -0.4 is 14.8 Å². The van der Waals surface area contributed by atoms with Gasteiger partial charge in [0.2, 0.25) is 0 Å². The van der Waals surface area contributed by atoms with Gasteiger partial charge in [0, 0.05) is 15.2 Å². The Labute approximate surface area is 204 Å². The number of ether oxygens (including phenoxy) is 2. The predicted octanol–water partition coefficient (Wildman–Crippen LogP) is 6.85. The Balaban J connectivity index is 1.77. The number of anilines is 1. The molecule has 32 heavy (non-hydrogen) atoms. The van der Waals surface area contributed by atoms with Gasteiger partial charge in [-0.2, -0.15) is 5.26 Å². The lowest BCUT2D eigenvalue weighted by Crippen LogP contribution is -2.20. The summed E-state index contributed by atoms with van der Waals surface area (Å²) in [4.78, 5) is 12.2. The number of amides is 1. The van der Waals surface area contributed by atoms with E-state index in [-0.39, 0.29) is 23.3 Å². The normalized spacial score (nSPS) is 10.9. The lowest BCUT2D eigenvalue weighted by atomic mass is 10.0. The van der Waals surface area contributed by atoms with Crippen molar-refractivity contribution in [2.75, 3.05) is 19.0 Å². The maximum atomic E-state index is 12.2. The van der Waals surface area contributed by atoms with Gasteiger partial charge in [0.15, 0.2) is 18.1 Å². The monoisotopic (exact) mass is 530 g/mol. The van der Waals surface area contributed by atoms with Crippen LogP contribution in [-0.2, 0) is 4.79 Å².